The molecule has 0 aromatic rings. The molecule has 0 fully saturated rings. The van der Waals surface area contributed by atoms with Crippen LogP contribution in [0.5, 0.6) is 0 Å². The average molecular weight is 477 g/mol. The second-order valence-corrected chi connectivity index (χ2v) is 7.78. The van der Waals surface area contributed by atoms with Crippen molar-refractivity contribution in [2.75, 3.05) is 26.3 Å². The van der Waals surface area contributed by atoms with Gasteiger partial charge in [0.1, 0.15) is 0 Å². The van der Waals surface area contributed by atoms with Crippen LogP contribution < -0.4 is 10.6 Å². The molecule has 8 heteroatoms. The molecule has 0 heterocycles. The molecule has 0 aromatic carbocycles. The van der Waals surface area contributed by atoms with E-state index in [1.54, 1.807) is 0 Å². The molecular formula is C26H40N2O6. The first-order chi connectivity index (χ1) is 16.5. The average Bonchev–Trinajstić information content (AvgIpc) is 2.83. The predicted octanol–water partition coefficient (Wildman–Crippen LogP) is 4.30. The monoisotopic (exact) mass is 476 g/mol. The molecule has 2 N–H and O–H groups in total. The topological polar surface area (TPSA) is 111 Å². The van der Waals surface area contributed by atoms with Gasteiger partial charge in [-0.3, -0.25) is 9.59 Å². The lowest BCUT2D eigenvalue weighted by molar-refractivity contribution is -0.119. The molecule has 0 radical (unpaired) electrons. The number of alkyl carbamates (subject to hydrolysis) is 2. The standard InChI is InChI=1S/C26H40N2O6/c1-3-5-17-23(29)21-27-25(31)33-19-15-13-11-9-7-8-10-12-14-16-20-34-26(32)28-22-24(30)18-6-4-2/h3-6,11-22H2,1-2H3,(H,27,31)(H,28,32). The Hall–Kier alpha value is -3.00. The lowest BCUT2D eigenvalue weighted by Gasteiger charge is -2.05. The Morgan fingerprint density at radius 3 is 1.41 bits per heavy atom. The van der Waals surface area contributed by atoms with Crippen molar-refractivity contribution in [3.05, 3.63) is 0 Å². The van der Waals surface area contributed by atoms with Crippen molar-refractivity contribution in [3.63, 3.8) is 0 Å². The SMILES string of the molecule is CCCCC(=O)CNC(=O)OCCCCC#CC#CCCCCOC(=O)NCC(=O)CCCC. The summed E-state index contributed by atoms with van der Waals surface area (Å²) in [5.41, 5.74) is 0. The van der Waals surface area contributed by atoms with Crippen LogP contribution in [-0.4, -0.2) is 50.1 Å². The Bertz CT molecular complexity index is 665. The van der Waals surface area contributed by atoms with Crippen LogP contribution >= 0.6 is 0 Å². The first-order valence-electron chi connectivity index (χ1n) is 12.3. The van der Waals surface area contributed by atoms with E-state index in [1.807, 2.05) is 13.8 Å². The third kappa shape index (κ3) is 22.2. The van der Waals surface area contributed by atoms with E-state index in [9.17, 15) is 19.2 Å². The number of ether oxygens (including phenoxy) is 2. The van der Waals surface area contributed by atoms with Gasteiger partial charge in [-0.2, -0.15) is 0 Å². The second kappa shape index (κ2) is 23.2. The van der Waals surface area contributed by atoms with E-state index < -0.39 is 12.2 Å². The van der Waals surface area contributed by atoms with E-state index in [2.05, 4.69) is 34.3 Å². The van der Waals surface area contributed by atoms with Crippen LogP contribution in [0.3, 0.4) is 0 Å². The summed E-state index contributed by atoms with van der Waals surface area (Å²) in [5.74, 6) is 11.5. The lowest BCUT2D eigenvalue weighted by atomic mass is 10.2. The van der Waals surface area contributed by atoms with Crippen LogP contribution in [0.25, 0.3) is 0 Å². The van der Waals surface area contributed by atoms with E-state index in [-0.39, 0.29) is 37.9 Å². The van der Waals surface area contributed by atoms with Gasteiger partial charge in [0.2, 0.25) is 0 Å². The van der Waals surface area contributed by atoms with Gasteiger partial charge in [0.25, 0.3) is 0 Å². The third-order valence-electron chi connectivity index (χ3n) is 4.58. The molecular weight excluding hydrogens is 436 g/mol. The van der Waals surface area contributed by atoms with Crippen LogP contribution in [0.2, 0.25) is 0 Å². The number of unbranched alkanes of at least 4 members (excludes halogenated alkanes) is 6. The number of hydrogen-bond acceptors (Lipinski definition) is 6. The molecule has 0 aromatic heterocycles. The second-order valence-electron chi connectivity index (χ2n) is 7.78. The van der Waals surface area contributed by atoms with Gasteiger partial charge >= 0.3 is 12.2 Å². The molecule has 2 amide bonds. The van der Waals surface area contributed by atoms with Gasteiger partial charge in [0, 0.05) is 25.7 Å². The molecule has 0 bridgehead atoms. The van der Waals surface area contributed by atoms with E-state index in [1.165, 1.54) is 0 Å². The normalized spacial score (nSPS) is 9.59. The van der Waals surface area contributed by atoms with E-state index in [0.717, 1.165) is 38.5 Å². The lowest BCUT2D eigenvalue weighted by Crippen LogP contribution is -2.30. The highest BCUT2D eigenvalue weighted by Crippen LogP contribution is 1.98. The number of Topliss-reactive ketones (excluding diaryl/α,β-unsaturated/α-hetero) is 2. The van der Waals surface area contributed by atoms with Crippen LogP contribution in [0.4, 0.5) is 9.59 Å². The van der Waals surface area contributed by atoms with Gasteiger partial charge in [0.05, 0.1) is 26.3 Å². The van der Waals surface area contributed by atoms with E-state index in [0.29, 0.717) is 38.5 Å². The van der Waals surface area contributed by atoms with Gasteiger partial charge in [-0.05, 0) is 50.4 Å². The molecule has 0 unspecified atom stereocenters. The van der Waals surface area contributed by atoms with Crippen LogP contribution in [0, 0.1) is 23.7 Å². The highest BCUT2D eigenvalue weighted by Gasteiger charge is 2.06. The fourth-order valence-corrected chi connectivity index (χ4v) is 2.54. The summed E-state index contributed by atoms with van der Waals surface area (Å²) in [5, 5.41) is 4.92. The largest absolute Gasteiger partial charge is 0.450 e. The minimum Gasteiger partial charge on any atom is -0.450 e. The molecule has 0 atom stereocenters. The zero-order chi connectivity index (χ0) is 25.3. The zero-order valence-corrected chi connectivity index (χ0v) is 20.8. The van der Waals surface area contributed by atoms with E-state index in [4.69, 9.17) is 9.47 Å². The number of hydrogen-bond donors (Lipinski definition) is 2. The van der Waals surface area contributed by atoms with Crippen LogP contribution in [-0.2, 0) is 19.1 Å². The molecule has 0 saturated carbocycles. The summed E-state index contributed by atoms with van der Waals surface area (Å²) in [6.07, 6.45) is 7.71. The molecule has 0 rings (SSSR count). The van der Waals surface area contributed by atoms with Gasteiger partial charge in [-0.1, -0.05) is 38.5 Å². The Labute approximate surface area is 204 Å². The van der Waals surface area contributed by atoms with Crippen LogP contribution in [0.1, 0.15) is 90.9 Å². The number of amides is 2. The Morgan fingerprint density at radius 2 is 1.03 bits per heavy atom. The maximum atomic E-state index is 11.5. The molecule has 190 valence electrons. The van der Waals surface area contributed by atoms with Gasteiger partial charge in [0.15, 0.2) is 11.6 Å². The maximum Gasteiger partial charge on any atom is 0.407 e. The number of rotatable bonds is 18. The molecule has 0 aliphatic heterocycles. The smallest absolute Gasteiger partial charge is 0.407 e. The summed E-state index contributed by atoms with van der Waals surface area (Å²) in [7, 11) is 0. The van der Waals surface area contributed by atoms with Gasteiger partial charge in [-0.25, -0.2) is 9.59 Å². The van der Waals surface area contributed by atoms with Crippen molar-refractivity contribution in [1.29, 1.82) is 0 Å². The zero-order valence-electron chi connectivity index (χ0n) is 20.8. The molecule has 0 aliphatic carbocycles. The first-order valence-corrected chi connectivity index (χ1v) is 12.3. The van der Waals surface area contributed by atoms with Crippen molar-refractivity contribution in [2.45, 2.75) is 90.9 Å². The quantitative estimate of drug-likeness (QED) is 0.225. The number of carbonyl (C=O) groups is 4. The fourth-order valence-electron chi connectivity index (χ4n) is 2.54. The summed E-state index contributed by atoms with van der Waals surface area (Å²) in [6.45, 7) is 4.64. The number of ketones is 2. The number of carbonyl (C=O) groups excluding carboxylic acids is 4. The van der Waals surface area contributed by atoms with Crippen molar-refractivity contribution < 1.29 is 28.7 Å². The Balaban J connectivity index is 3.57. The minimum absolute atomic E-state index is 0.0122. The molecule has 34 heavy (non-hydrogen) atoms. The summed E-state index contributed by atoms with van der Waals surface area (Å²) in [4.78, 5) is 45.9. The van der Waals surface area contributed by atoms with Crippen molar-refractivity contribution >= 4 is 23.8 Å². The maximum absolute atomic E-state index is 11.5. The van der Waals surface area contributed by atoms with Crippen molar-refractivity contribution in [1.82, 2.24) is 10.6 Å². The number of nitrogens with one attached hydrogen (secondary N) is 2. The Morgan fingerprint density at radius 1 is 0.618 bits per heavy atom. The third-order valence-corrected chi connectivity index (χ3v) is 4.58. The molecule has 0 saturated heterocycles. The highest BCUT2D eigenvalue weighted by molar-refractivity contribution is 5.84. The predicted molar refractivity (Wildman–Crippen MR) is 131 cm³/mol. The first kappa shape index (κ1) is 31.0. The fraction of sp³-hybridized carbons (Fsp3) is 0.692. The van der Waals surface area contributed by atoms with Gasteiger partial charge < -0.3 is 20.1 Å². The van der Waals surface area contributed by atoms with Crippen LogP contribution in [0.15, 0.2) is 0 Å². The Kier molecular flexibility index (Phi) is 21.1. The van der Waals surface area contributed by atoms with E-state index >= 15 is 0 Å². The summed E-state index contributed by atoms with van der Waals surface area (Å²) < 4.78 is 10.0. The summed E-state index contributed by atoms with van der Waals surface area (Å²) >= 11 is 0. The van der Waals surface area contributed by atoms with Gasteiger partial charge in [-0.15, -0.1) is 0 Å². The van der Waals surface area contributed by atoms with Crippen molar-refractivity contribution in [2.24, 2.45) is 0 Å². The van der Waals surface area contributed by atoms with Crippen molar-refractivity contribution in [3.8, 4) is 23.7 Å². The highest BCUT2D eigenvalue weighted by atomic mass is 16.6. The molecule has 0 spiro atoms. The molecule has 0 aliphatic rings. The summed E-state index contributed by atoms with van der Waals surface area (Å²) in [6, 6.07) is 0. The minimum atomic E-state index is -0.565. The molecule has 8 nitrogen and oxygen atoms in total.